The van der Waals surface area contributed by atoms with Crippen LogP contribution in [0.25, 0.3) is 0 Å². The van der Waals surface area contributed by atoms with Gasteiger partial charge in [0.2, 0.25) is 11.1 Å². The highest BCUT2D eigenvalue weighted by molar-refractivity contribution is 8.00. The number of carbonyl (C=O) groups excluding carboxylic acids is 1. The number of aryl methyl sites for hydroxylation is 1. The molecule has 0 fully saturated rings. The van der Waals surface area contributed by atoms with Gasteiger partial charge in [0.1, 0.15) is 22.6 Å². The molecule has 0 aliphatic carbocycles. The number of amides is 1. The van der Waals surface area contributed by atoms with E-state index in [0.29, 0.717) is 18.3 Å². The molecule has 0 radical (unpaired) electrons. The molecule has 2 atom stereocenters. The first kappa shape index (κ1) is 21.0. The molecule has 0 saturated carbocycles. The minimum atomic E-state index is -0.410. The Kier molecular flexibility index (Phi) is 6.31. The molecule has 162 valence electrons. The highest BCUT2D eigenvalue weighted by Gasteiger charge is 2.37. The Morgan fingerprint density at radius 2 is 1.84 bits per heavy atom. The normalized spacial score (nSPS) is 17.4. The number of hydrogen-bond donors (Lipinski definition) is 2. The molecular weight excluding hydrogens is 414 g/mol. The second-order valence-corrected chi connectivity index (χ2v) is 8.19. The topological polar surface area (TPSA) is 90.3 Å². The van der Waals surface area contributed by atoms with Crippen LogP contribution in [-0.4, -0.2) is 39.7 Å². The number of methoxy groups -OCH3 is 1. The Morgan fingerprint density at radius 1 is 1.13 bits per heavy atom. The molecule has 0 saturated heterocycles. The minimum absolute atomic E-state index is 0.0703. The van der Waals surface area contributed by atoms with Crippen molar-refractivity contribution < 1.29 is 14.3 Å². The van der Waals surface area contributed by atoms with Crippen LogP contribution in [0.3, 0.4) is 0 Å². The molecule has 0 unspecified atom stereocenters. The van der Waals surface area contributed by atoms with Gasteiger partial charge in [0.15, 0.2) is 0 Å². The molecule has 2 aromatic carbocycles. The molecule has 2 N–H and O–H groups in total. The first-order chi connectivity index (χ1) is 15.1. The Hall–Kier alpha value is -3.20. The van der Waals surface area contributed by atoms with Crippen molar-refractivity contribution in [3.63, 3.8) is 0 Å². The lowest BCUT2D eigenvalue weighted by Gasteiger charge is -2.32. The van der Waals surface area contributed by atoms with Gasteiger partial charge in [0.05, 0.1) is 19.8 Å². The van der Waals surface area contributed by atoms with Crippen molar-refractivity contribution >= 4 is 17.7 Å². The number of nitrogens with zero attached hydrogens (tertiary/aromatic N) is 3. The van der Waals surface area contributed by atoms with Crippen LogP contribution in [-0.2, 0) is 11.3 Å². The summed E-state index contributed by atoms with van der Waals surface area (Å²) in [5.41, 5.74) is 5.39. The number of fused-ring (bicyclic) bond motifs is 1. The fourth-order valence-corrected chi connectivity index (χ4v) is 4.53. The molecule has 0 spiro atoms. The van der Waals surface area contributed by atoms with E-state index in [1.165, 1.54) is 11.8 Å². The number of rotatable bonds is 7. The van der Waals surface area contributed by atoms with Crippen molar-refractivity contribution in [1.82, 2.24) is 20.2 Å². The van der Waals surface area contributed by atoms with E-state index in [0.717, 1.165) is 28.5 Å². The first-order valence-electron chi connectivity index (χ1n) is 10.1. The van der Waals surface area contributed by atoms with Crippen LogP contribution in [0, 0.1) is 6.92 Å². The number of benzene rings is 2. The number of ether oxygens (including phenoxy) is 2. The van der Waals surface area contributed by atoms with Crippen LogP contribution in [0.5, 0.6) is 11.5 Å². The molecule has 9 heteroatoms. The van der Waals surface area contributed by atoms with Gasteiger partial charge >= 0.3 is 0 Å². The van der Waals surface area contributed by atoms with E-state index in [1.54, 1.807) is 7.11 Å². The first-order valence-corrected chi connectivity index (χ1v) is 11.0. The third-order valence-corrected chi connectivity index (χ3v) is 6.25. The third-order valence-electron chi connectivity index (χ3n) is 5.03. The van der Waals surface area contributed by atoms with E-state index in [4.69, 9.17) is 9.47 Å². The summed E-state index contributed by atoms with van der Waals surface area (Å²) >= 11 is 1.41. The molecule has 1 aromatic heterocycles. The maximum Gasteiger partial charge on any atom is 0.236 e. The van der Waals surface area contributed by atoms with E-state index in [2.05, 4.69) is 20.9 Å². The molecule has 1 aliphatic heterocycles. The van der Waals surface area contributed by atoms with Crippen molar-refractivity contribution in [2.75, 3.05) is 19.1 Å². The smallest absolute Gasteiger partial charge is 0.236 e. The number of carbonyl (C=O) groups is 1. The monoisotopic (exact) mass is 439 g/mol. The average molecular weight is 440 g/mol. The Bertz CT molecular complexity index is 1040. The third kappa shape index (κ3) is 4.61. The maximum absolute atomic E-state index is 13.2. The highest BCUT2D eigenvalue weighted by atomic mass is 32.2. The van der Waals surface area contributed by atoms with Crippen molar-refractivity contribution in [1.29, 1.82) is 0 Å². The maximum atomic E-state index is 13.2. The standard InChI is InChI=1S/C22H25N5O3S/c1-4-30-18-11-7-16(8-12-18)19-20(31-22-25-24-14(2)27(22)26-19)21(28)23-13-15-5-9-17(29-3)10-6-15/h5-12,19-20,26H,4,13H2,1-3H3,(H,23,28)/t19-,20-/m1/s1. The van der Waals surface area contributed by atoms with Gasteiger partial charge in [-0.05, 0) is 49.2 Å². The Balaban J connectivity index is 1.53. The summed E-state index contributed by atoms with van der Waals surface area (Å²) < 4.78 is 12.6. The van der Waals surface area contributed by atoms with Crippen molar-refractivity contribution in [2.24, 2.45) is 0 Å². The lowest BCUT2D eigenvalue weighted by molar-refractivity contribution is -0.121. The summed E-state index contributed by atoms with van der Waals surface area (Å²) in [6.45, 7) is 4.87. The molecule has 1 aliphatic rings. The van der Waals surface area contributed by atoms with Crippen LogP contribution >= 0.6 is 11.8 Å². The van der Waals surface area contributed by atoms with Gasteiger partial charge in [-0.3, -0.25) is 4.79 Å². The fraction of sp³-hybridized carbons (Fsp3) is 0.318. The van der Waals surface area contributed by atoms with Gasteiger partial charge in [-0.15, -0.1) is 10.2 Å². The van der Waals surface area contributed by atoms with Gasteiger partial charge in [-0.1, -0.05) is 36.0 Å². The summed E-state index contributed by atoms with van der Waals surface area (Å²) in [5.74, 6) is 2.26. The zero-order valence-corrected chi connectivity index (χ0v) is 18.5. The second kappa shape index (κ2) is 9.30. The average Bonchev–Trinajstić information content (AvgIpc) is 3.17. The summed E-state index contributed by atoms with van der Waals surface area (Å²) in [5, 5.41) is 11.6. The number of thioether (sulfide) groups is 1. The van der Waals surface area contributed by atoms with Crippen LogP contribution in [0.4, 0.5) is 0 Å². The van der Waals surface area contributed by atoms with Gasteiger partial charge in [-0.25, -0.2) is 4.68 Å². The van der Waals surface area contributed by atoms with E-state index < -0.39 is 5.25 Å². The molecule has 8 nitrogen and oxygen atoms in total. The van der Waals surface area contributed by atoms with Crippen LogP contribution in [0.15, 0.2) is 53.7 Å². The van der Waals surface area contributed by atoms with Crippen molar-refractivity contribution in [2.45, 2.75) is 36.8 Å². The zero-order chi connectivity index (χ0) is 21.8. The molecule has 1 amide bonds. The van der Waals surface area contributed by atoms with Gasteiger partial charge < -0.3 is 20.2 Å². The van der Waals surface area contributed by atoms with Gasteiger partial charge in [-0.2, -0.15) is 0 Å². The molecule has 0 bridgehead atoms. The lowest BCUT2D eigenvalue weighted by atomic mass is 10.0. The Labute approximate surface area is 185 Å². The minimum Gasteiger partial charge on any atom is -0.497 e. The highest BCUT2D eigenvalue weighted by Crippen LogP contribution is 2.37. The number of hydrogen-bond acceptors (Lipinski definition) is 7. The predicted molar refractivity (Wildman–Crippen MR) is 119 cm³/mol. The van der Waals surface area contributed by atoms with E-state index in [1.807, 2.05) is 67.1 Å². The van der Waals surface area contributed by atoms with Crippen molar-refractivity contribution in [3.05, 3.63) is 65.5 Å². The van der Waals surface area contributed by atoms with Crippen LogP contribution in [0.2, 0.25) is 0 Å². The summed E-state index contributed by atoms with van der Waals surface area (Å²) in [6, 6.07) is 15.2. The van der Waals surface area contributed by atoms with E-state index >= 15 is 0 Å². The summed E-state index contributed by atoms with van der Waals surface area (Å²) in [4.78, 5) is 13.2. The zero-order valence-electron chi connectivity index (χ0n) is 17.7. The quantitative estimate of drug-likeness (QED) is 0.585. The fourth-order valence-electron chi connectivity index (χ4n) is 3.38. The largest absolute Gasteiger partial charge is 0.497 e. The number of aromatic nitrogens is 3. The van der Waals surface area contributed by atoms with Crippen LogP contribution in [0.1, 0.15) is 29.9 Å². The molecular formula is C22H25N5O3S. The predicted octanol–water partition coefficient (Wildman–Crippen LogP) is 3.07. The lowest BCUT2D eigenvalue weighted by Crippen LogP contribution is -2.44. The molecule has 2 heterocycles. The summed E-state index contributed by atoms with van der Waals surface area (Å²) in [7, 11) is 1.63. The van der Waals surface area contributed by atoms with Gasteiger partial charge in [0.25, 0.3) is 0 Å². The molecule has 31 heavy (non-hydrogen) atoms. The van der Waals surface area contributed by atoms with Crippen molar-refractivity contribution in [3.8, 4) is 11.5 Å². The van der Waals surface area contributed by atoms with Gasteiger partial charge in [0, 0.05) is 6.54 Å². The SMILES string of the molecule is CCOc1ccc([C@H]2Nn3c(C)nnc3S[C@H]2C(=O)NCc2ccc(OC)cc2)cc1. The van der Waals surface area contributed by atoms with E-state index in [9.17, 15) is 4.79 Å². The number of nitrogens with one attached hydrogen (secondary N) is 2. The summed E-state index contributed by atoms with van der Waals surface area (Å²) in [6.07, 6.45) is 0. The molecule has 3 aromatic rings. The Morgan fingerprint density at radius 3 is 2.52 bits per heavy atom. The van der Waals surface area contributed by atoms with E-state index in [-0.39, 0.29) is 11.9 Å². The second-order valence-electron chi connectivity index (χ2n) is 7.08. The van der Waals surface area contributed by atoms with Crippen LogP contribution < -0.4 is 20.2 Å². The molecule has 4 rings (SSSR count).